The fourth-order valence-corrected chi connectivity index (χ4v) is 1.62. The molecule has 1 rings (SSSR count). The van der Waals surface area contributed by atoms with Gasteiger partial charge < -0.3 is 14.8 Å². The smallest absolute Gasteiger partial charge is 0.224 e. The molecule has 0 bridgehead atoms. The first-order valence-electron chi connectivity index (χ1n) is 5.87. The summed E-state index contributed by atoms with van der Waals surface area (Å²) in [6.45, 7) is 5.87. The molecule has 0 heterocycles. The van der Waals surface area contributed by atoms with Crippen LogP contribution in [0.5, 0.6) is 11.5 Å². The number of nitrogens with one attached hydrogen (secondary N) is 1. The Bertz CT molecular complexity index is 399. The van der Waals surface area contributed by atoms with E-state index in [1.54, 1.807) is 20.3 Å². The van der Waals surface area contributed by atoms with Crippen molar-refractivity contribution in [1.82, 2.24) is 5.32 Å². The molecule has 1 N–H and O–H groups in total. The van der Waals surface area contributed by atoms with Gasteiger partial charge in [0.2, 0.25) is 5.91 Å². The van der Waals surface area contributed by atoms with E-state index in [9.17, 15) is 4.79 Å². The summed E-state index contributed by atoms with van der Waals surface area (Å²) in [7, 11) is 3.18. The van der Waals surface area contributed by atoms with Crippen LogP contribution in [-0.4, -0.2) is 25.7 Å². The van der Waals surface area contributed by atoms with Gasteiger partial charge in [0, 0.05) is 11.6 Å². The minimum Gasteiger partial charge on any atom is -0.497 e. The SMILES string of the molecule is COc1cc(CC(=O)NC(C)(C)C)cc(OC)c1. The van der Waals surface area contributed by atoms with E-state index < -0.39 is 0 Å². The van der Waals surface area contributed by atoms with Crippen LogP contribution >= 0.6 is 0 Å². The molecular weight excluding hydrogens is 230 g/mol. The van der Waals surface area contributed by atoms with Crippen LogP contribution in [0.25, 0.3) is 0 Å². The van der Waals surface area contributed by atoms with E-state index in [4.69, 9.17) is 9.47 Å². The highest BCUT2D eigenvalue weighted by atomic mass is 16.5. The molecule has 0 unspecified atom stereocenters. The average Bonchev–Trinajstić information content (AvgIpc) is 2.25. The highest BCUT2D eigenvalue weighted by Gasteiger charge is 2.14. The third kappa shape index (κ3) is 4.65. The molecule has 0 spiro atoms. The predicted octanol–water partition coefficient (Wildman–Crippen LogP) is 2.16. The van der Waals surface area contributed by atoms with Crippen LogP contribution < -0.4 is 14.8 Å². The number of rotatable bonds is 4. The summed E-state index contributed by atoms with van der Waals surface area (Å²) in [5, 5.41) is 2.92. The molecule has 1 amide bonds. The van der Waals surface area contributed by atoms with Crippen LogP contribution in [0.1, 0.15) is 26.3 Å². The van der Waals surface area contributed by atoms with Gasteiger partial charge in [-0.05, 0) is 38.5 Å². The Morgan fingerprint density at radius 3 is 2.00 bits per heavy atom. The second kappa shape index (κ2) is 5.76. The highest BCUT2D eigenvalue weighted by Crippen LogP contribution is 2.22. The minimum absolute atomic E-state index is 0.0159. The van der Waals surface area contributed by atoms with Crippen LogP contribution in [0.2, 0.25) is 0 Å². The lowest BCUT2D eigenvalue weighted by molar-refractivity contribution is -0.121. The zero-order valence-electron chi connectivity index (χ0n) is 11.7. The maximum Gasteiger partial charge on any atom is 0.224 e. The molecule has 18 heavy (non-hydrogen) atoms. The van der Waals surface area contributed by atoms with Crippen molar-refractivity contribution in [1.29, 1.82) is 0 Å². The molecule has 0 atom stereocenters. The topological polar surface area (TPSA) is 47.6 Å². The number of hydrogen-bond donors (Lipinski definition) is 1. The normalized spacial score (nSPS) is 10.9. The average molecular weight is 251 g/mol. The lowest BCUT2D eigenvalue weighted by Gasteiger charge is -2.20. The number of methoxy groups -OCH3 is 2. The van der Waals surface area contributed by atoms with Gasteiger partial charge in [-0.1, -0.05) is 0 Å². The number of amides is 1. The number of hydrogen-bond acceptors (Lipinski definition) is 3. The van der Waals surface area contributed by atoms with Gasteiger partial charge in [-0.2, -0.15) is 0 Å². The van der Waals surface area contributed by atoms with E-state index in [1.807, 2.05) is 32.9 Å². The summed E-state index contributed by atoms with van der Waals surface area (Å²) in [5.74, 6) is 1.36. The van der Waals surface area contributed by atoms with Crippen molar-refractivity contribution in [3.05, 3.63) is 23.8 Å². The first kappa shape index (κ1) is 14.4. The largest absolute Gasteiger partial charge is 0.497 e. The minimum atomic E-state index is -0.222. The summed E-state index contributed by atoms with van der Waals surface area (Å²) in [6, 6.07) is 5.46. The van der Waals surface area contributed by atoms with Gasteiger partial charge >= 0.3 is 0 Å². The predicted molar refractivity (Wildman–Crippen MR) is 71.1 cm³/mol. The van der Waals surface area contributed by atoms with E-state index in [-0.39, 0.29) is 11.4 Å². The van der Waals surface area contributed by atoms with Gasteiger partial charge in [0.1, 0.15) is 11.5 Å². The van der Waals surface area contributed by atoms with E-state index in [0.29, 0.717) is 17.9 Å². The van der Waals surface area contributed by atoms with E-state index >= 15 is 0 Å². The second-order valence-electron chi connectivity index (χ2n) is 5.20. The molecule has 0 aliphatic heterocycles. The Morgan fingerprint density at radius 2 is 1.61 bits per heavy atom. The van der Waals surface area contributed by atoms with Gasteiger partial charge in [-0.25, -0.2) is 0 Å². The summed E-state index contributed by atoms with van der Waals surface area (Å²) >= 11 is 0. The van der Waals surface area contributed by atoms with Crippen molar-refractivity contribution in [2.45, 2.75) is 32.7 Å². The number of carbonyl (C=O) groups is 1. The number of carbonyl (C=O) groups excluding carboxylic acids is 1. The molecule has 0 saturated heterocycles. The van der Waals surface area contributed by atoms with Gasteiger partial charge in [0.05, 0.1) is 20.6 Å². The molecule has 0 aliphatic rings. The van der Waals surface area contributed by atoms with Crippen molar-refractivity contribution in [2.75, 3.05) is 14.2 Å². The molecule has 0 saturated carbocycles. The van der Waals surface area contributed by atoms with Crippen molar-refractivity contribution in [3.63, 3.8) is 0 Å². The maximum atomic E-state index is 11.8. The van der Waals surface area contributed by atoms with Crippen LogP contribution in [0, 0.1) is 0 Å². The van der Waals surface area contributed by atoms with Crippen LogP contribution in [0.15, 0.2) is 18.2 Å². The van der Waals surface area contributed by atoms with Crippen LogP contribution in [0.4, 0.5) is 0 Å². The Morgan fingerprint density at radius 1 is 1.11 bits per heavy atom. The second-order valence-corrected chi connectivity index (χ2v) is 5.20. The third-order valence-electron chi connectivity index (χ3n) is 2.29. The molecule has 0 fully saturated rings. The van der Waals surface area contributed by atoms with Crippen molar-refractivity contribution in [3.8, 4) is 11.5 Å². The first-order chi connectivity index (χ1) is 8.34. The Labute approximate surface area is 108 Å². The van der Waals surface area contributed by atoms with E-state index in [0.717, 1.165) is 5.56 Å². The molecule has 0 aromatic heterocycles. The lowest BCUT2D eigenvalue weighted by Crippen LogP contribution is -2.41. The number of ether oxygens (including phenoxy) is 2. The molecule has 1 aromatic rings. The molecule has 4 heteroatoms. The molecule has 0 aliphatic carbocycles. The Hall–Kier alpha value is -1.71. The zero-order chi connectivity index (χ0) is 13.8. The Balaban J connectivity index is 2.80. The van der Waals surface area contributed by atoms with E-state index in [1.165, 1.54) is 0 Å². The lowest BCUT2D eigenvalue weighted by atomic mass is 10.1. The quantitative estimate of drug-likeness (QED) is 0.892. The fraction of sp³-hybridized carbons (Fsp3) is 0.500. The molecule has 1 aromatic carbocycles. The standard InChI is InChI=1S/C14H21NO3/c1-14(2,3)15-13(16)8-10-6-11(17-4)9-12(7-10)18-5/h6-7,9H,8H2,1-5H3,(H,15,16). The summed E-state index contributed by atoms with van der Waals surface area (Å²) in [4.78, 5) is 11.8. The van der Waals surface area contributed by atoms with Crippen LogP contribution in [0.3, 0.4) is 0 Å². The van der Waals surface area contributed by atoms with Gasteiger partial charge in [-0.15, -0.1) is 0 Å². The Kier molecular flexibility index (Phi) is 4.59. The maximum absolute atomic E-state index is 11.8. The van der Waals surface area contributed by atoms with Crippen molar-refractivity contribution >= 4 is 5.91 Å². The highest BCUT2D eigenvalue weighted by molar-refractivity contribution is 5.79. The van der Waals surface area contributed by atoms with Gasteiger partial charge in [0.25, 0.3) is 0 Å². The summed E-state index contributed by atoms with van der Waals surface area (Å²) in [5.41, 5.74) is 0.646. The van der Waals surface area contributed by atoms with Gasteiger partial charge in [-0.3, -0.25) is 4.79 Å². The molecule has 4 nitrogen and oxygen atoms in total. The van der Waals surface area contributed by atoms with Gasteiger partial charge in [0.15, 0.2) is 0 Å². The van der Waals surface area contributed by atoms with Crippen LogP contribution in [-0.2, 0) is 11.2 Å². The summed E-state index contributed by atoms with van der Waals surface area (Å²) in [6.07, 6.45) is 0.310. The molecule has 100 valence electrons. The molecule has 0 radical (unpaired) electrons. The van der Waals surface area contributed by atoms with E-state index in [2.05, 4.69) is 5.32 Å². The zero-order valence-corrected chi connectivity index (χ0v) is 11.7. The van der Waals surface area contributed by atoms with Crippen molar-refractivity contribution < 1.29 is 14.3 Å². The monoisotopic (exact) mass is 251 g/mol. The first-order valence-corrected chi connectivity index (χ1v) is 5.87. The fourth-order valence-electron chi connectivity index (χ4n) is 1.62. The number of benzene rings is 1. The summed E-state index contributed by atoms with van der Waals surface area (Å²) < 4.78 is 10.3. The van der Waals surface area contributed by atoms with Crippen molar-refractivity contribution in [2.24, 2.45) is 0 Å². The molecular formula is C14H21NO3. The third-order valence-corrected chi connectivity index (χ3v) is 2.29.